The van der Waals surface area contributed by atoms with Crippen molar-refractivity contribution >= 4 is 46.4 Å². The first-order valence-electron chi connectivity index (χ1n) is 9.42. The van der Waals surface area contributed by atoms with Crippen molar-refractivity contribution in [2.45, 2.75) is 20.4 Å². The van der Waals surface area contributed by atoms with Gasteiger partial charge in [-0.15, -0.1) is 0 Å². The quantitative estimate of drug-likeness (QED) is 0.364. The maximum absolute atomic E-state index is 12.8. The average molecular weight is 475 g/mol. The smallest absolute Gasteiger partial charge is 0.273 e. The predicted octanol–water partition coefficient (Wildman–Crippen LogP) is 6.15. The van der Waals surface area contributed by atoms with Crippen molar-refractivity contribution in [3.8, 4) is 11.3 Å². The van der Waals surface area contributed by atoms with E-state index in [0.29, 0.717) is 49.9 Å². The number of anilines is 1. The molecule has 4 aromatic rings. The van der Waals surface area contributed by atoms with Gasteiger partial charge >= 0.3 is 0 Å². The third-order valence-corrected chi connectivity index (χ3v) is 5.65. The van der Waals surface area contributed by atoms with Crippen LogP contribution in [0.5, 0.6) is 0 Å². The number of amides is 1. The highest BCUT2D eigenvalue weighted by atomic mass is 35.5. The molecule has 2 heterocycles. The number of hydrogen-bond donors (Lipinski definition) is 2. The number of carbonyl (C=O) groups is 1. The minimum absolute atomic E-state index is 0.308. The normalized spacial score (nSPS) is 11.0. The van der Waals surface area contributed by atoms with Gasteiger partial charge in [0, 0.05) is 15.6 Å². The van der Waals surface area contributed by atoms with E-state index in [-0.39, 0.29) is 5.91 Å². The van der Waals surface area contributed by atoms with Crippen molar-refractivity contribution in [2.75, 3.05) is 5.32 Å². The summed E-state index contributed by atoms with van der Waals surface area (Å²) in [6.07, 6.45) is 0. The molecule has 0 aliphatic carbocycles. The molecule has 2 N–H and O–H groups in total. The highest BCUT2D eigenvalue weighted by Crippen LogP contribution is 2.29. The Kier molecular flexibility index (Phi) is 6.05. The van der Waals surface area contributed by atoms with Crippen LogP contribution in [0.2, 0.25) is 15.1 Å². The molecule has 4 rings (SSSR count). The van der Waals surface area contributed by atoms with Crippen LogP contribution < -0.4 is 5.32 Å². The van der Waals surface area contributed by atoms with Gasteiger partial charge in [0.05, 0.1) is 34.3 Å². The first-order valence-corrected chi connectivity index (χ1v) is 10.6. The lowest BCUT2D eigenvalue weighted by molar-refractivity contribution is 0.102. The SMILES string of the molecule is Cc1nn(Cc2cccc(Cl)c2)c(C)c1NC(=O)c1cc(-c2ccc(Cl)cc2Cl)n[nH]1. The molecule has 0 unspecified atom stereocenters. The second kappa shape index (κ2) is 8.75. The van der Waals surface area contributed by atoms with E-state index >= 15 is 0 Å². The second-order valence-electron chi connectivity index (χ2n) is 7.08. The number of aromatic amines is 1. The highest BCUT2D eigenvalue weighted by Gasteiger charge is 2.18. The van der Waals surface area contributed by atoms with E-state index < -0.39 is 0 Å². The largest absolute Gasteiger partial charge is 0.318 e. The molecule has 0 radical (unpaired) electrons. The van der Waals surface area contributed by atoms with Gasteiger partial charge in [-0.3, -0.25) is 14.6 Å². The molecule has 0 atom stereocenters. The molecular formula is C22H18Cl3N5O. The minimum atomic E-state index is -0.322. The number of aromatic nitrogens is 4. The van der Waals surface area contributed by atoms with Gasteiger partial charge in [-0.05, 0) is 55.8 Å². The number of H-pyrrole nitrogens is 1. The van der Waals surface area contributed by atoms with Crippen LogP contribution in [0.4, 0.5) is 5.69 Å². The number of nitrogens with one attached hydrogen (secondary N) is 2. The molecule has 0 saturated heterocycles. The monoisotopic (exact) mass is 473 g/mol. The zero-order valence-electron chi connectivity index (χ0n) is 16.7. The predicted molar refractivity (Wildman–Crippen MR) is 124 cm³/mol. The van der Waals surface area contributed by atoms with Gasteiger partial charge in [0.1, 0.15) is 5.69 Å². The van der Waals surface area contributed by atoms with E-state index in [1.165, 1.54) is 0 Å². The van der Waals surface area contributed by atoms with Crippen LogP contribution in [-0.4, -0.2) is 25.9 Å². The molecule has 0 aliphatic heterocycles. The molecule has 0 aliphatic rings. The molecule has 2 aromatic carbocycles. The number of halogens is 3. The van der Waals surface area contributed by atoms with E-state index in [1.54, 1.807) is 24.3 Å². The number of rotatable bonds is 5. The first-order chi connectivity index (χ1) is 14.8. The van der Waals surface area contributed by atoms with Gasteiger partial charge in [-0.1, -0.05) is 46.9 Å². The van der Waals surface area contributed by atoms with Crippen LogP contribution in [0.25, 0.3) is 11.3 Å². The van der Waals surface area contributed by atoms with Crippen LogP contribution >= 0.6 is 34.8 Å². The molecule has 0 fully saturated rings. The van der Waals surface area contributed by atoms with Crippen molar-refractivity contribution in [1.29, 1.82) is 0 Å². The van der Waals surface area contributed by atoms with E-state index in [1.807, 2.05) is 42.8 Å². The van der Waals surface area contributed by atoms with Gasteiger partial charge in [0.25, 0.3) is 5.91 Å². The Balaban J connectivity index is 1.54. The van der Waals surface area contributed by atoms with Crippen LogP contribution in [0.1, 0.15) is 27.4 Å². The van der Waals surface area contributed by atoms with Crippen molar-refractivity contribution in [1.82, 2.24) is 20.0 Å². The average Bonchev–Trinajstić information content (AvgIpc) is 3.29. The topological polar surface area (TPSA) is 75.6 Å². The summed E-state index contributed by atoms with van der Waals surface area (Å²) in [6.45, 7) is 4.31. The highest BCUT2D eigenvalue weighted by molar-refractivity contribution is 6.36. The molecule has 1 amide bonds. The minimum Gasteiger partial charge on any atom is -0.318 e. The Labute approximate surface area is 194 Å². The van der Waals surface area contributed by atoms with Gasteiger partial charge in [-0.25, -0.2) is 0 Å². The van der Waals surface area contributed by atoms with Crippen molar-refractivity contribution in [3.05, 3.63) is 86.2 Å². The summed E-state index contributed by atoms with van der Waals surface area (Å²) in [6, 6.07) is 14.4. The summed E-state index contributed by atoms with van der Waals surface area (Å²) >= 11 is 18.3. The fourth-order valence-corrected chi connectivity index (χ4v) is 4.01. The van der Waals surface area contributed by atoms with Crippen LogP contribution in [-0.2, 0) is 6.54 Å². The van der Waals surface area contributed by atoms with Crippen LogP contribution in [0.15, 0.2) is 48.5 Å². The number of nitrogens with zero attached hydrogens (tertiary/aromatic N) is 3. The number of aryl methyl sites for hydroxylation is 1. The maximum atomic E-state index is 12.8. The Morgan fingerprint density at radius 2 is 1.84 bits per heavy atom. The van der Waals surface area contributed by atoms with Gasteiger partial charge < -0.3 is 5.32 Å². The standard InChI is InChI=1S/C22H18Cl3N5O/c1-12-21(13(2)30(29-12)11-14-4-3-5-15(23)8-14)26-22(31)20-10-19(27-28-20)17-7-6-16(24)9-18(17)25/h3-10H,11H2,1-2H3,(H,26,31)(H,27,28). The lowest BCUT2D eigenvalue weighted by atomic mass is 10.1. The zero-order chi connectivity index (χ0) is 22.1. The molecule has 0 saturated carbocycles. The van der Waals surface area contributed by atoms with Gasteiger partial charge in [0.15, 0.2) is 0 Å². The third kappa shape index (κ3) is 4.61. The summed E-state index contributed by atoms with van der Waals surface area (Å²) in [7, 11) is 0. The summed E-state index contributed by atoms with van der Waals surface area (Å²) in [5.74, 6) is -0.322. The fourth-order valence-electron chi connectivity index (χ4n) is 3.29. The van der Waals surface area contributed by atoms with Crippen molar-refractivity contribution < 1.29 is 4.79 Å². The Hall–Kier alpha value is -2.80. The van der Waals surface area contributed by atoms with Crippen molar-refractivity contribution in [3.63, 3.8) is 0 Å². The number of hydrogen-bond acceptors (Lipinski definition) is 3. The van der Waals surface area contributed by atoms with Gasteiger partial charge in [0.2, 0.25) is 0 Å². The Bertz CT molecular complexity index is 1280. The summed E-state index contributed by atoms with van der Waals surface area (Å²) in [4.78, 5) is 12.8. The van der Waals surface area contributed by atoms with E-state index in [0.717, 1.165) is 11.3 Å². The fraction of sp³-hybridized carbons (Fsp3) is 0.136. The Morgan fingerprint density at radius 1 is 1.06 bits per heavy atom. The summed E-state index contributed by atoms with van der Waals surface area (Å²) in [5.41, 5.74) is 4.78. The molecular weight excluding hydrogens is 457 g/mol. The molecule has 0 spiro atoms. The Morgan fingerprint density at radius 3 is 2.58 bits per heavy atom. The molecule has 31 heavy (non-hydrogen) atoms. The number of carbonyl (C=O) groups excluding carboxylic acids is 1. The summed E-state index contributed by atoms with van der Waals surface area (Å²) in [5, 5.41) is 16.1. The van der Waals surface area contributed by atoms with Crippen LogP contribution in [0, 0.1) is 13.8 Å². The first kappa shape index (κ1) is 21.4. The molecule has 0 bridgehead atoms. The zero-order valence-corrected chi connectivity index (χ0v) is 19.0. The van der Waals surface area contributed by atoms with E-state index in [9.17, 15) is 4.79 Å². The molecule has 9 heteroatoms. The van der Waals surface area contributed by atoms with Gasteiger partial charge in [-0.2, -0.15) is 10.2 Å². The van der Waals surface area contributed by atoms with E-state index in [4.69, 9.17) is 34.8 Å². The van der Waals surface area contributed by atoms with Crippen molar-refractivity contribution in [2.24, 2.45) is 0 Å². The third-order valence-electron chi connectivity index (χ3n) is 4.87. The lowest BCUT2D eigenvalue weighted by Crippen LogP contribution is -2.14. The summed E-state index contributed by atoms with van der Waals surface area (Å²) < 4.78 is 1.84. The second-order valence-corrected chi connectivity index (χ2v) is 8.36. The molecule has 158 valence electrons. The molecule has 2 aromatic heterocycles. The maximum Gasteiger partial charge on any atom is 0.273 e. The van der Waals surface area contributed by atoms with Crippen LogP contribution in [0.3, 0.4) is 0 Å². The molecule has 6 nitrogen and oxygen atoms in total. The van der Waals surface area contributed by atoms with E-state index in [2.05, 4.69) is 20.6 Å². The number of benzene rings is 2. The lowest BCUT2D eigenvalue weighted by Gasteiger charge is -2.07.